The van der Waals surface area contributed by atoms with Gasteiger partial charge in [0.15, 0.2) is 5.13 Å². The molecule has 0 spiro atoms. The van der Waals surface area contributed by atoms with E-state index in [-0.39, 0.29) is 5.91 Å². The number of benzene rings is 2. The van der Waals surface area contributed by atoms with Crippen molar-refractivity contribution in [3.05, 3.63) is 65.0 Å². The predicted octanol–water partition coefficient (Wildman–Crippen LogP) is 5.91. The van der Waals surface area contributed by atoms with Crippen LogP contribution in [0.5, 0.6) is 0 Å². The van der Waals surface area contributed by atoms with Crippen molar-refractivity contribution in [3.63, 3.8) is 0 Å². The second kappa shape index (κ2) is 7.85. The average Bonchev–Trinajstić information content (AvgIpc) is 3.10. The molecule has 0 saturated carbocycles. The van der Waals surface area contributed by atoms with Crippen molar-refractivity contribution in [2.75, 3.05) is 11.6 Å². The normalized spacial score (nSPS) is 10.9. The third kappa shape index (κ3) is 4.30. The van der Waals surface area contributed by atoms with Gasteiger partial charge in [-0.2, -0.15) is 0 Å². The van der Waals surface area contributed by atoms with Crippen molar-refractivity contribution in [2.45, 2.75) is 24.7 Å². The molecule has 0 radical (unpaired) electrons. The Morgan fingerprint density at radius 3 is 2.36 bits per heavy atom. The van der Waals surface area contributed by atoms with E-state index in [9.17, 15) is 4.79 Å². The third-order valence-corrected chi connectivity index (χ3v) is 5.45. The zero-order valence-electron chi connectivity index (χ0n) is 14.4. The molecule has 1 aromatic heterocycles. The number of nitrogens with one attached hydrogen (secondary N) is 1. The first-order chi connectivity index (χ1) is 12.1. The molecule has 3 rings (SSSR count). The molecule has 2 aromatic carbocycles. The number of hydrogen-bond acceptors (Lipinski definition) is 4. The highest BCUT2D eigenvalue weighted by atomic mass is 32.2. The van der Waals surface area contributed by atoms with Crippen LogP contribution < -0.4 is 5.32 Å². The number of nitrogens with zero attached hydrogens (tertiary/aromatic N) is 1. The van der Waals surface area contributed by atoms with Gasteiger partial charge in [0, 0.05) is 21.4 Å². The smallest absolute Gasteiger partial charge is 0.257 e. The molecule has 0 aliphatic carbocycles. The summed E-state index contributed by atoms with van der Waals surface area (Å²) >= 11 is 3.09. The first-order valence-corrected chi connectivity index (χ1v) is 10.2. The first kappa shape index (κ1) is 17.7. The SMILES string of the molecule is CSc1ccc(C(=O)Nc2nc(-c3ccc(C(C)C)cc3)cs2)cc1. The van der Waals surface area contributed by atoms with E-state index < -0.39 is 0 Å². The molecule has 1 amide bonds. The standard InChI is InChI=1S/C20H20N2OS2/c1-13(2)14-4-6-15(7-5-14)18-12-25-20(21-18)22-19(23)16-8-10-17(24-3)11-9-16/h4-13H,1-3H3,(H,21,22,23). The highest BCUT2D eigenvalue weighted by Gasteiger charge is 2.10. The van der Waals surface area contributed by atoms with Gasteiger partial charge >= 0.3 is 0 Å². The fraction of sp³-hybridized carbons (Fsp3) is 0.200. The molecule has 1 N–H and O–H groups in total. The minimum atomic E-state index is -0.135. The largest absolute Gasteiger partial charge is 0.298 e. The Labute approximate surface area is 156 Å². The van der Waals surface area contributed by atoms with Crippen LogP contribution in [0.15, 0.2) is 58.8 Å². The summed E-state index contributed by atoms with van der Waals surface area (Å²) in [5, 5.41) is 5.46. The second-order valence-electron chi connectivity index (χ2n) is 6.00. The van der Waals surface area contributed by atoms with E-state index in [0.717, 1.165) is 16.2 Å². The molecule has 0 fully saturated rings. The minimum absolute atomic E-state index is 0.135. The lowest BCUT2D eigenvalue weighted by Crippen LogP contribution is -2.11. The van der Waals surface area contributed by atoms with Gasteiger partial charge in [-0.15, -0.1) is 23.1 Å². The molecule has 1 heterocycles. The fourth-order valence-corrected chi connectivity index (χ4v) is 3.54. The van der Waals surface area contributed by atoms with Crippen LogP contribution in [-0.2, 0) is 0 Å². The van der Waals surface area contributed by atoms with E-state index in [4.69, 9.17) is 0 Å². The molecule has 128 valence electrons. The van der Waals surface area contributed by atoms with Crippen molar-refractivity contribution in [2.24, 2.45) is 0 Å². The van der Waals surface area contributed by atoms with Gasteiger partial charge in [0.25, 0.3) is 5.91 Å². The van der Waals surface area contributed by atoms with Gasteiger partial charge in [0.2, 0.25) is 0 Å². The van der Waals surface area contributed by atoms with E-state index in [2.05, 4.69) is 48.4 Å². The Hall–Kier alpha value is -2.11. The molecule has 25 heavy (non-hydrogen) atoms. The van der Waals surface area contributed by atoms with E-state index in [1.807, 2.05) is 35.9 Å². The number of hydrogen-bond donors (Lipinski definition) is 1. The Balaban J connectivity index is 1.71. The monoisotopic (exact) mass is 368 g/mol. The zero-order valence-corrected chi connectivity index (χ0v) is 16.1. The first-order valence-electron chi connectivity index (χ1n) is 8.08. The van der Waals surface area contributed by atoms with Crippen LogP contribution in [0.4, 0.5) is 5.13 Å². The Morgan fingerprint density at radius 1 is 1.08 bits per heavy atom. The number of carbonyl (C=O) groups excluding carboxylic acids is 1. The summed E-state index contributed by atoms with van der Waals surface area (Å²) in [7, 11) is 0. The lowest BCUT2D eigenvalue weighted by Gasteiger charge is -2.05. The molecular weight excluding hydrogens is 348 g/mol. The topological polar surface area (TPSA) is 42.0 Å². The molecule has 0 aliphatic heterocycles. The van der Waals surface area contributed by atoms with Crippen LogP contribution in [-0.4, -0.2) is 17.1 Å². The Morgan fingerprint density at radius 2 is 1.76 bits per heavy atom. The maximum atomic E-state index is 12.3. The molecule has 0 atom stereocenters. The quantitative estimate of drug-likeness (QED) is 0.569. The molecule has 0 unspecified atom stereocenters. The van der Waals surface area contributed by atoms with Crippen molar-refractivity contribution in [3.8, 4) is 11.3 Å². The minimum Gasteiger partial charge on any atom is -0.298 e. The molecule has 0 aliphatic rings. The highest BCUT2D eigenvalue weighted by Crippen LogP contribution is 2.27. The van der Waals surface area contributed by atoms with Crippen molar-refractivity contribution >= 4 is 34.1 Å². The van der Waals surface area contributed by atoms with E-state index in [1.54, 1.807) is 11.8 Å². The number of aromatic nitrogens is 1. The second-order valence-corrected chi connectivity index (χ2v) is 7.73. The fourth-order valence-electron chi connectivity index (χ4n) is 2.41. The van der Waals surface area contributed by atoms with Gasteiger partial charge in [-0.3, -0.25) is 10.1 Å². The lowest BCUT2D eigenvalue weighted by atomic mass is 10.0. The number of anilines is 1. The molecule has 0 saturated heterocycles. The van der Waals surface area contributed by atoms with Gasteiger partial charge in [0.1, 0.15) is 0 Å². The van der Waals surface area contributed by atoms with E-state index in [0.29, 0.717) is 16.6 Å². The van der Waals surface area contributed by atoms with Gasteiger partial charge in [-0.05, 0) is 42.0 Å². The van der Waals surface area contributed by atoms with Crippen LogP contribution >= 0.6 is 23.1 Å². The maximum absolute atomic E-state index is 12.3. The number of amides is 1. The molecule has 5 heteroatoms. The van der Waals surface area contributed by atoms with Gasteiger partial charge in [-0.25, -0.2) is 4.98 Å². The summed E-state index contributed by atoms with van der Waals surface area (Å²) in [6.45, 7) is 4.36. The lowest BCUT2D eigenvalue weighted by molar-refractivity contribution is 0.102. The molecule has 3 aromatic rings. The number of rotatable bonds is 5. The zero-order chi connectivity index (χ0) is 17.8. The molecule has 3 nitrogen and oxygen atoms in total. The van der Waals surface area contributed by atoms with E-state index in [1.165, 1.54) is 16.9 Å². The summed E-state index contributed by atoms with van der Waals surface area (Å²) in [6.07, 6.45) is 2.01. The summed E-state index contributed by atoms with van der Waals surface area (Å²) in [5.74, 6) is 0.375. The summed E-state index contributed by atoms with van der Waals surface area (Å²) in [4.78, 5) is 18.0. The maximum Gasteiger partial charge on any atom is 0.257 e. The Bertz CT molecular complexity index is 852. The predicted molar refractivity (Wildman–Crippen MR) is 108 cm³/mol. The average molecular weight is 369 g/mol. The van der Waals surface area contributed by atoms with Crippen LogP contribution in [0.25, 0.3) is 11.3 Å². The number of thioether (sulfide) groups is 1. The highest BCUT2D eigenvalue weighted by molar-refractivity contribution is 7.98. The number of carbonyl (C=O) groups is 1. The van der Waals surface area contributed by atoms with E-state index >= 15 is 0 Å². The van der Waals surface area contributed by atoms with Crippen LogP contribution in [0.1, 0.15) is 35.7 Å². The van der Waals surface area contributed by atoms with Crippen molar-refractivity contribution in [1.29, 1.82) is 0 Å². The van der Waals surface area contributed by atoms with Gasteiger partial charge < -0.3 is 0 Å². The molecular formula is C20H20N2OS2. The summed E-state index contributed by atoms with van der Waals surface area (Å²) < 4.78 is 0. The van der Waals surface area contributed by atoms with Gasteiger partial charge in [-0.1, -0.05) is 38.1 Å². The Kier molecular flexibility index (Phi) is 5.56. The summed E-state index contributed by atoms with van der Waals surface area (Å²) in [6, 6.07) is 16.0. The van der Waals surface area contributed by atoms with Crippen LogP contribution in [0.3, 0.4) is 0 Å². The van der Waals surface area contributed by atoms with Crippen LogP contribution in [0, 0.1) is 0 Å². The molecule has 0 bridgehead atoms. The van der Waals surface area contributed by atoms with Crippen molar-refractivity contribution < 1.29 is 4.79 Å². The third-order valence-electron chi connectivity index (χ3n) is 3.95. The number of thiazole rings is 1. The summed E-state index contributed by atoms with van der Waals surface area (Å²) in [5.41, 5.74) is 3.89. The van der Waals surface area contributed by atoms with Crippen LogP contribution in [0.2, 0.25) is 0 Å². The van der Waals surface area contributed by atoms with Crippen molar-refractivity contribution in [1.82, 2.24) is 4.98 Å². The van der Waals surface area contributed by atoms with Gasteiger partial charge in [0.05, 0.1) is 5.69 Å².